The summed E-state index contributed by atoms with van der Waals surface area (Å²) < 4.78 is 0.832. The molecule has 3 aliphatic carbocycles. The molecule has 8 rings (SSSR count). The minimum absolute atomic E-state index is 0.272. The largest absolute Gasteiger partial charge is 0.329 e. The Labute approximate surface area is 262 Å². The van der Waals surface area contributed by atoms with Crippen LogP contribution < -0.4 is 15.6 Å². The zero-order valence-electron chi connectivity index (χ0n) is 23.7. The number of amides is 4. The molecule has 4 aliphatic rings. The number of nitrogens with one attached hydrogen (secondary N) is 2. The van der Waals surface area contributed by atoms with Crippen LogP contribution in [0.5, 0.6) is 0 Å². The number of hydrogen-bond donors (Lipinski definition) is 2. The van der Waals surface area contributed by atoms with Gasteiger partial charge in [-0.1, -0.05) is 83.5 Å². The second-order valence-electron chi connectivity index (χ2n) is 11.2. The summed E-state index contributed by atoms with van der Waals surface area (Å²) in [5.41, 5.74) is 6.88. The molecule has 0 spiro atoms. The molecule has 218 valence electrons. The van der Waals surface area contributed by atoms with Gasteiger partial charge in [0.25, 0.3) is 0 Å². The van der Waals surface area contributed by atoms with Gasteiger partial charge in [0.15, 0.2) is 0 Å². The van der Waals surface area contributed by atoms with E-state index in [0.29, 0.717) is 11.4 Å². The molecular formula is C35H27BrN4O4. The highest BCUT2D eigenvalue weighted by molar-refractivity contribution is 9.10. The first-order chi connectivity index (χ1) is 21.3. The highest BCUT2D eigenvalue weighted by Crippen LogP contribution is 2.63. The van der Waals surface area contributed by atoms with E-state index in [1.165, 1.54) is 11.1 Å². The van der Waals surface area contributed by atoms with Crippen LogP contribution in [0, 0.1) is 11.8 Å². The molecule has 4 amide bonds. The molecule has 0 saturated carbocycles. The minimum Gasteiger partial charge on any atom is -0.318 e. The SMILES string of the molecule is CCc1ccc(NC(=O)C(=O)N/N=C\C23c4ccccc4C(c4ccccc42)[C@@H]2C(=O)N(c4ccc(Br)cc4)C(=O)[C@H]23)cc1. The van der Waals surface area contributed by atoms with Crippen molar-refractivity contribution in [2.75, 3.05) is 10.2 Å². The average molecular weight is 648 g/mol. The third-order valence-corrected chi connectivity index (χ3v) is 9.56. The number of carbonyl (C=O) groups excluding carboxylic acids is 4. The van der Waals surface area contributed by atoms with Crippen LogP contribution in [0.25, 0.3) is 0 Å². The zero-order valence-corrected chi connectivity index (χ0v) is 25.2. The maximum Gasteiger partial charge on any atom is 0.329 e. The van der Waals surface area contributed by atoms with E-state index < -0.39 is 29.1 Å². The monoisotopic (exact) mass is 646 g/mol. The summed E-state index contributed by atoms with van der Waals surface area (Å²) in [6, 6.07) is 29.9. The Morgan fingerprint density at radius 1 is 0.841 bits per heavy atom. The molecule has 44 heavy (non-hydrogen) atoms. The van der Waals surface area contributed by atoms with E-state index in [9.17, 15) is 19.2 Å². The predicted octanol–water partition coefficient (Wildman–Crippen LogP) is 5.30. The fourth-order valence-corrected chi connectivity index (χ4v) is 7.41. The molecule has 2 N–H and O–H groups in total. The van der Waals surface area contributed by atoms with Crippen LogP contribution in [0.1, 0.15) is 40.7 Å². The number of benzene rings is 4. The topological polar surface area (TPSA) is 108 Å². The summed E-state index contributed by atoms with van der Waals surface area (Å²) in [5, 5.41) is 6.89. The predicted molar refractivity (Wildman–Crippen MR) is 170 cm³/mol. The molecule has 0 unspecified atom stereocenters. The van der Waals surface area contributed by atoms with Crippen molar-refractivity contribution in [1.82, 2.24) is 5.43 Å². The summed E-state index contributed by atoms with van der Waals surface area (Å²) in [7, 11) is 0. The number of hydrogen-bond acceptors (Lipinski definition) is 5. The van der Waals surface area contributed by atoms with Gasteiger partial charge in [-0.3, -0.25) is 19.2 Å². The van der Waals surface area contributed by atoms with Crippen molar-refractivity contribution in [2.45, 2.75) is 24.7 Å². The summed E-state index contributed by atoms with van der Waals surface area (Å²) >= 11 is 3.43. The lowest BCUT2D eigenvalue weighted by Gasteiger charge is -2.52. The number of hydrazone groups is 1. The first-order valence-corrected chi connectivity index (χ1v) is 15.2. The fraction of sp³-hybridized carbons (Fsp3) is 0.171. The second-order valence-corrected chi connectivity index (χ2v) is 12.1. The smallest absolute Gasteiger partial charge is 0.318 e. The number of imide groups is 1. The van der Waals surface area contributed by atoms with E-state index in [0.717, 1.165) is 38.7 Å². The molecule has 0 radical (unpaired) electrons. The van der Waals surface area contributed by atoms with Crippen LogP contribution in [-0.4, -0.2) is 29.8 Å². The number of aryl methyl sites for hydroxylation is 1. The van der Waals surface area contributed by atoms with Gasteiger partial charge in [0.1, 0.15) is 0 Å². The van der Waals surface area contributed by atoms with Gasteiger partial charge in [0.05, 0.1) is 22.9 Å². The summed E-state index contributed by atoms with van der Waals surface area (Å²) in [6.07, 6.45) is 2.39. The van der Waals surface area contributed by atoms with Crippen LogP contribution in [-0.2, 0) is 31.0 Å². The van der Waals surface area contributed by atoms with Crippen molar-refractivity contribution >= 4 is 57.1 Å². The normalized spacial score (nSPS) is 22.9. The first kappa shape index (κ1) is 27.9. The third kappa shape index (κ3) is 4.14. The zero-order chi connectivity index (χ0) is 30.6. The molecule has 1 saturated heterocycles. The standard InChI is InChI=1S/C35H27BrN4O4/c1-2-20-11-15-22(16-12-20)38-31(41)32(42)39-37-19-35-26-9-5-3-7-24(26)28(25-8-4-6-10-27(25)35)29-30(35)34(44)40(33(29)43)23-17-13-21(36)14-18-23/h3-19,28-30H,2H2,1H3,(H,38,41)(H,39,42)/b37-19-/t28?,29-,30-,35?/m0/s1. The van der Waals surface area contributed by atoms with Crippen LogP contribution in [0.15, 0.2) is 107 Å². The highest BCUT2D eigenvalue weighted by atomic mass is 79.9. The average Bonchev–Trinajstić information content (AvgIpc) is 3.32. The Morgan fingerprint density at radius 2 is 1.45 bits per heavy atom. The van der Waals surface area contributed by atoms with Crippen molar-refractivity contribution in [3.05, 3.63) is 129 Å². The molecule has 4 aromatic rings. The molecule has 9 heteroatoms. The van der Waals surface area contributed by atoms with Gasteiger partial charge in [-0.15, -0.1) is 0 Å². The van der Waals surface area contributed by atoms with Crippen LogP contribution in [0.4, 0.5) is 11.4 Å². The molecular weight excluding hydrogens is 620 g/mol. The van der Waals surface area contributed by atoms with Crippen molar-refractivity contribution in [1.29, 1.82) is 0 Å². The molecule has 0 aromatic heterocycles. The van der Waals surface area contributed by atoms with Gasteiger partial charge in [0, 0.05) is 22.3 Å². The minimum atomic E-state index is -1.16. The lowest BCUT2D eigenvalue weighted by atomic mass is 9.47. The van der Waals surface area contributed by atoms with E-state index >= 15 is 0 Å². The van der Waals surface area contributed by atoms with Crippen molar-refractivity contribution in [2.24, 2.45) is 16.9 Å². The Bertz CT molecular complexity index is 1820. The van der Waals surface area contributed by atoms with E-state index in [-0.39, 0.29) is 17.7 Å². The van der Waals surface area contributed by atoms with Gasteiger partial charge in [0.2, 0.25) is 11.8 Å². The summed E-state index contributed by atoms with van der Waals surface area (Å²) in [6.45, 7) is 2.03. The molecule has 8 nitrogen and oxygen atoms in total. The Hall–Kier alpha value is -4.89. The molecule has 1 aliphatic heterocycles. The lowest BCUT2D eigenvalue weighted by molar-refractivity contribution is -0.136. The van der Waals surface area contributed by atoms with Crippen LogP contribution >= 0.6 is 15.9 Å². The van der Waals surface area contributed by atoms with Crippen LogP contribution in [0.2, 0.25) is 0 Å². The lowest BCUT2D eigenvalue weighted by Crippen LogP contribution is -2.54. The van der Waals surface area contributed by atoms with Gasteiger partial charge >= 0.3 is 11.8 Å². The Balaban J connectivity index is 1.28. The van der Waals surface area contributed by atoms with Crippen molar-refractivity contribution < 1.29 is 19.2 Å². The van der Waals surface area contributed by atoms with Gasteiger partial charge in [-0.25, -0.2) is 10.3 Å². The fourth-order valence-electron chi connectivity index (χ4n) is 7.15. The Morgan fingerprint density at radius 3 is 2.07 bits per heavy atom. The molecule has 2 bridgehead atoms. The molecule has 1 heterocycles. The number of carbonyl (C=O) groups is 4. The number of halogens is 1. The van der Waals surface area contributed by atoms with Gasteiger partial charge in [-0.05, 0) is 70.6 Å². The number of anilines is 2. The van der Waals surface area contributed by atoms with E-state index in [1.807, 2.05) is 67.6 Å². The second kappa shape index (κ2) is 10.7. The van der Waals surface area contributed by atoms with Gasteiger partial charge < -0.3 is 5.32 Å². The van der Waals surface area contributed by atoms with Crippen molar-refractivity contribution in [3.63, 3.8) is 0 Å². The third-order valence-electron chi connectivity index (χ3n) is 9.03. The molecule has 1 fully saturated rings. The maximum absolute atomic E-state index is 14.4. The quantitative estimate of drug-likeness (QED) is 0.133. The van der Waals surface area contributed by atoms with E-state index in [1.54, 1.807) is 36.4 Å². The maximum atomic E-state index is 14.4. The number of rotatable bonds is 5. The summed E-state index contributed by atoms with van der Waals surface area (Å²) in [4.78, 5) is 55.4. The molecule has 4 aromatic carbocycles. The first-order valence-electron chi connectivity index (χ1n) is 14.4. The van der Waals surface area contributed by atoms with Crippen molar-refractivity contribution in [3.8, 4) is 0 Å². The van der Waals surface area contributed by atoms with Crippen LogP contribution in [0.3, 0.4) is 0 Å². The van der Waals surface area contributed by atoms with Gasteiger partial charge in [-0.2, -0.15) is 5.10 Å². The van der Waals surface area contributed by atoms with E-state index in [4.69, 9.17) is 0 Å². The van der Waals surface area contributed by atoms with E-state index in [2.05, 4.69) is 31.8 Å². The highest BCUT2D eigenvalue weighted by Gasteiger charge is 2.68. The molecule has 2 atom stereocenters. The Kier molecular flexibility index (Phi) is 6.77. The summed E-state index contributed by atoms with van der Waals surface area (Å²) in [5.74, 6) is -4.23. The number of nitrogens with zero attached hydrogens (tertiary/aromatic N) is 2.